The average molecular weight is 284 g/mol. The molecule has 0 aromatic carbocycles. The van der Waals surface area contributed by atoms with E-state index in [2.05, 4.69) is 31.2 Å². The summed E-state index contributed by atoms with van der Waals surface area (Å²) in [7, 11) is 0. The van der Waals surface area contributed by atoms with Crippen LogP contribution in [0.15, 0.2) is 5.16 Å². The highest BCUT2D eigenvalue weighted by molar-refractivity contribution is 5.83. The minimum atomic E-state index is 0.180. The average Bonchev–Trinajstić information content (AvgIpc) is 2.46. The van der Waals surface area contributed by atoms with Crippen LogP contribution in [-0.2, 0) is 9.63 Å². The molecule has 0 saturated heterocycles. The van der Waals surface area contributed by atoms with Crippen LogP contribution in [0.2, 0.25) is 0 Å². The molecule has 4 heteroatoms. The maximum Gasteiger partial charge on any atom is 0.219 e. The van der Waals surface area contributed by atoms with Crippen molar-refractivity contribution in [1.29, 1.82) is 0 Å². The second-order valence-corrected chi connectivity index (χ2v) is 5.07. The first-order valence-corrected chi connectivity index (χ1v) is 8.18. The molecule has 0 aliphatic carbocycles. The summed E-state index contributed by atoms with van der Waals surface area (Å²) in [6.07, 6.45) is 8.92. The van der Waals surface area contributed by atoms with Crippen molar-refractivity contribution in [3.05, 3.63) is 0 Å². The van der Waals surface area contributed by atoms with Gasteiger partial charge in [-0.25, -0.2) is 0 Å². The van der Waals surface area contributed by atoms with E-state index in [-0.39, 0.29) is 5.91 Å². The summed E-state index contributed by atoms with van der Waals surface area (Å²) in [6, 6.07) is 0. The van der Waals surface area contributed by atoms with Crippen LogP contribution in [-0.4, -0.2) is 24.8 Å². The van der Waals surface area contributed by atoms with Crippen molar-refractivity contribution in [2.75, 3.05) is 13.2 Å². The van der Waals surface area contributed by atoms with Crippen LogP contribution in [0.3, 0.4) is 0 Å². The number of hydrogen-bond acceptors (Lipinski definition) is 3. The van der Waals surface area contributed by atoms with Crippen molar-refractivity contribution in [3.63, 3.8) is 0 Å². The summed E-state index contributed by atoms with van der Waals surface area (Å²) in [4.78, 5) is 16.8. The molecule has 1 amide bonds. The minimum absolute atomic E-state index is 0.180. The van der Waals surface area contributed by atoms with Gasteiger partial charge in [0.1, 0.15) is 6.61 Å². The molecule has 20 heavy (non-hydrogen) atoms. The van der Waals surface area contributed by atoms with Gasteiger partial charge >= 0.3 is 0 Å². The van der Waals surface area contributed by atoms with E-state index < -0.39 is 0 Å². The third-order valence-corrected chi connectivity index (χ3v) is 3.25. The van der Waals surface area contributed by atoms with Gasteiger partial charge in [-0.3, -0.25) is 4.79 Å². The van der Waals surface area contributed by atoms with Crippen LogP contribution in [0.25, 0.3) is 0 Å². The van der Waals surface area contributed by atoms with Gasteiger partial charge in [-0.2, -0.15) is 0 Å². The Bertz CT molecular complexity index is 259. The number of oxime groups is 1. The summed E-state index contributed by atoms with van der Waals surface area (Å²) < 4.78 is 0. The Balaban J connectivity index is 3.35. The molecule has 0 aliphatic rings. The largest absolute Gasteiger partial charge is 0.396 e. The van der Waals surface area contributed by atoms with E-state index in [4.69, 9.17) is 4.84 Å². The number of amides is 1. The first-order valence-electron chi connectivity index (χ1n) is 8.18. The number of carbonyl (C=O) groups excluding carboxylic acids is 1. The Labute approximate surface area is 124 Å². The van der Waals surface area contributed by atoms with Crippen LogP contribution in [0, 0.1) is 0 Å². The van der Waals surface area contributed by atoms with E-state index in [0.717, 1.165) is 50.8 Å². The summed E-state index contributed by atoms with van der Waals surface area (Å²) in [6.45, 7) is 7.82. The highest BCUT2D eigenvalue weighted by Gasteiger charge is 2.00. The highest BCUT2D eigenvalue weighted by Crippen LogP contribution is 2.01. The fraction of sp³-hybridized carbons (Fsp3) is 0.875. The van der Waals surface area contributed by atoms with Gasteiger partial charge in [0.25, 0.3) is 0 Å². The lowest BCUT2D eigenvalue weighted by atomic mass is 10.2. The summed E-state index contributed by atoms with van der Waals surface area (Å²) in [5, 5.41) is 7.05. The zero-order chi connectivity index (χ0) is 15.1. The molecule has 0 heterocycles. The zero-order valence-electron chi connectivity index (χ0n) is 13.5. The van der Waals surface area contributed by atoms with Gasteiger partial charge < -0.3 is 10.2 Å². The maximum atomic E-state index is 11.5. The minimum Gasteiger partial charge on any atom is -0.396 e. The van der Waals surface area contributed by atoms with Gasteiger partial charge in [0.05, 0.1) is 5.71 Å². The Morgan fingerprint density at radius 3 is 2.40 bits per heavy atom. The topological polar surface area (TPSA) is 50.7 Å². The molecule has 0 aromatic rings. The number of carbonyl (C=O) groups is 1. The number of hydrogen-bond donors (Lipinski definition) is 1. The maximum absolute atomic E-state index is 11.5. The van der Waals surface area contributed by atoms with Crippen LogP contribution in [0.1, 0.15) is 78.6 Å². The fourth-order valence-corrected chi connectivity index (χ4v) is 1.84. The van der Waals surface area contributed by atoms with E-state index >= 15 is 0 Å². The van der Waals surface area contributed by atoms with Gasteiger partial charge in [0, 0.05) is 13.0 Å². The van der Waals surface area contributed by atoms with Crippen molar-refractivity contribution < 1.29 is 9.63 Å². The monoisotopic (exact) mass is 284 g/mol. The molecular weight excluding hydrogens is 252 g/mol. The Morgan fingerprint density at radius 1 is 1.00 bits per heavy atom. The lowest BCUT2D eigenvalue weighted by Gasteiger charge is -2.05. The number of nitrogens with one attached hydrogen (secondary N) is 1. The van der Waals surface area contributed by atoms with Gasteiger partial charge in [-0.1, -0.05) is 38.8 Å². The number of unbranched alkanes of at least 4 members (excludes halogenated alkanes) is 4. The van der Waals surface area contributed by atoms with Crippen molar-refractivity contribution in [2.45, 2.75) is 78.6 Å². The lowest BCUT2D eigenvalue weighted by molar-refractivity contribution is -0.121. The molecule has 0 aromatic heterocycles. The van der Waals surface area contributed by atoms with Crippen molar-refractivity contribution in [3.8, 4) is 0 Å². The third kappa shape index (κ3) is 12.0. The molecule has 1 N–H and O–H groups in total. The Kier molecular flexibility index (Phi) is 13.6. The van der Waals surface area contributed by atoms with Crippen molar-refractivity contribution >= 4 is 11.6 Å². The normalized spacial score (nSPS) is 10.2. The van der Waals surface area contributed by atoms with Gasteiger partial charge in [-0.05, 0) is 38.5 Å². The summed E-state index contributed by atoms with van der Waals surface area (Å²) >= 11 is 0. The van der Waals surface area contributed by atoms with Crippen LogP contribution in [0.5, 0.6) is 0 Å². The van der Waals surface area contributed by atoms with Crippen LogP contribution in [0.4, 0.5) is 0 Å². The molecule has 0 rings (SSSR count). The number of rotatable bonds is 13. The molecule has 0 radical (unpaired) electrons. The second kappa shape index (κ2) is 14.4. The quantitative estimate of drug-likeness (QED) is 0.315. The molecule has 0 saturated carbocycles. The molecule has 0 bridgehead atoms. The second-order valence-electron chi connectivity index (χ2n) is 5.07. The molecular formula is C16H32N2O2. The van der Waals surface area contributed by atoms with Gasteiger partial charge in [0.2, 0.25) is 5.91 Å². The smallest absolute Gasteiger partial charge is 0.219 e. The molecule has 0 unspecified atom stereocenters. The molecule has 0 fully saturated rings. The van der Waals surface area contributed by atoms with Gasteiger partial charge in [0.15, 0.2) is 0 Å². The van der Waals surface area contributed by atoms with E-state index in [1.165, 1.54) is 12.8 Å². The van der Waals surface area contributed by atoms with Crippen LogP contribution < -0.4 is 5.32 Å². The molecule has 0 aliphatic heterocycles. The first-order chi connectivity index (χ1) is 9.74. The standard InChI is InChI=1S/C16H32N2O2/c1-4-7-10-13-17-16(19)12-9-8-11-14-20-18-15(5-2)6-3/h4-14H2,1-3H3,(H,17,19). The molecule has 4 nitrogen and oxygen atoms in total. The Morgan fingerprint density at radius 2 is 1.75 bits per heavy atom. The molecule has 0 atom stereocenters. The van der Waals surface area contributed by atoms with Crippen molar-refractivity contribution in [1.82, 2.24) is 5.32 Å². The number of nitrogens with zero attached hydrogens (tertiary/aromatic N) is 1. The zero-order valence-corrected chi connectivity index (χ0v) is 13.5. The van der Waals surface area contributed by atoms with Gasteiger partial charge in [-0.15, -0.1) is 0 Å². The summed E-state index contributed by atoms with van der Waals surface area (Å²) in [5.41, 5.74) is 1.11. The third-order valence-electron chi connectivity index (χ3n) is 3.25. The SMILES string of the molecule is CCCCCNC(=O)CCCCCON=C(CC)CC. The fourth-order valence-electron chi connectivity index (χ4n) is 1.84. The summed E-state index contributed by atoms with van der Waals surface area (Å²) in [5.74, 6) is 0.180. The van der Waals surface area contributed by atoms with E-state index in [9.17, 15) is 4.79 Å². The van der Waals surface area contributed by atoms with E-state index in [1.54, 1.807) is 0 Å². The predicted octanol–water partition coefficient (Wildman–Crippen LogP) is 4.05. The molecule has 118 valence electrons. The Hall–Kier alpha value is -1.06. The highest BCUT2D eigenvalue weighted by atomic mass is 16.6. The van der Waals surface area contributed by atoms with E-state index in [1.807, 2.05) is 0 Å². The lowest BCUT2D eigenvalue weighted by Crippen LogP contribution is -2.23. The van der Waals surface area contributed by atoms with Crippen molar-refractivity contribution in [2.24, 2.45) is 5.16 Å². The first kappa shape index (κ1) is 18.9. The van der Waals surface area contributed by atoms with Crippen LogP contribution >= 0.6 is 0 Å². The van der Waals surface area contributed by atoms with E-state index in [0.29, 0.717) is 13.0 Å². The molecule has 0 spiro atoms. The predicted molar refractivity (Wildman–Crippen MR) is 85.0 cm³/mol.